The molecule has 0 N–H and O–H groups in total. The fraction of sp³-hybridized carbons (Fsp3) is 0.778. The van der Waals surface area contributed by atoms with Crippen LogP contribution in [0.3, 0.4) is 0 Å². The van der Waals surface area contributed by atoms with Crippen LogP contribution in [0, 0.1) is 0 Å². The van der Waals surface area contributed by atoms with E-state index in [1.165, 1.54) is 19.3 Å². The van der Waals surface area contributed by atoms with Crippen molar-refractivity contribution in [2.45, 2.75) is 44.4 Å². The van der Waals surface area contributed by atoms with Gasteiger partial charge in [-0.3, -0.25) is 0 Å². The molecular weight excluding hydrogens is 136 g/mol. The fourth-order valence-corrected chi connectivity index (χ4v) is 3.32. The van der Waals surface area contributed by atoms with Crippen LogP contribution in [-0.4, -0.2) is 8.07 Å². The predicted molar refractivity (Wildman–Crippen MR) is 50.1 cm³/mol. The third-order valence-corrected chi connectivity index (χ3v) is 5.07. The quantitative estimate of drug-likeness (QED) is 0.401. The van der Waals surface area contributed by atoms with Crippen molar-refractivity contribution < 1.29 is 0 Å². The number of rotatable bonds is 1. The van der Waals surface area contributed by atoms with Gasteiger partial charge in [0.25, 0.3) is 0 Å². The number of hydrogen-bond donors (Lipinski definition) is 0. The number of allylic oxidation sites excluding steroid dienone is 2. The van der Waals surface area contributed by atoms with Crippen LogP contribution in [0.5, 0.6) is 0 Å². The van der Waals surface area contributed by atoms with Crippen molar-refractivity contribution in [3.63, 3.8) is 0 Å². The second-order valence-electron chi connectivity index (χ2n) is 4.33. The molecular formula is C9H18Si. The molecule has 0 saturated heterocycles. The van der Waals surface area contributed by atoms with E-state index in [4.69, 9.17) is 0 Å². The summed E-state index contributed by atoms with van der Waals surface area (Å²) in [6.07, 6.45) is 9.01. The minimum Gasteiger partial charge on any atom is -0.0885 e. The maximum atomic E-state index is 2.47. The maximum absolute atomic E-state index is 2.47. The summed E-state index contributed by atoms with van der Waals surface area (Å²) in [7, 11) is -0.843. The summed E-state index contributed by atoms with van der Waals surface area (Å²) in [6, 6.07) is 0. The molecule has 0 aromatic rings. The predicted octanol–water partition coefficient (Wildman–Crippen LogP) is 3.43. The highest BCUT2D eigenvalue weighted by Gasteiger charge is 2.24. The van der Waals surface area contributed by atoms with Gasteiger partial charge in [0.1, 0.15) is 0 Å². The zero-order valence-electron chi connectivity index (χ0n) is 7.35. The highest BCUT2D eigenvalue weighted by atomic mass is 28.3. The third-order valence-electron chi connectivity index (χ3n) is 2.37. The molecule has 1 aliphatic rings. The topological polar surface area (TPSA) is 0 Å². The molecule has 1 unspecified atom stereocenters. The zero-order chi connectivity index (χ0) is 7.61. The van der Waals surface area contributed by atoms with Crippen molar-refractivity contribution >= 4 is 8.07 Å². The van der Waals surface area contributed by atoms with Crippen molar-refractivity contribution in [1.82, 2.24) is 0 Å². The Balaban J connectivity index is 2.55. The summed E-state index contributed by atoms with van der Waals surface area (Å²) >= 11 is 0. The summed E-state index contributed by atoms with van der Waals surface area (Å²) in [5.74, 6) is 0. The molecule has 0 nitrogen and oxygen atoms in total. The van der Waals surface area contributed by atoms with Gasteiger partial charge in [-0.25, -0.2) is 0 Å². The standard InChI is InChI=1S/C9H18Si/c1-10(2,3)9-7-5-4-6-8-9/h5,7,9H,4,6,8H2,1-3H3. The average molecular weight is 154 g/mol. The van der Waals surface area contributed by atoms with Crippen LogP contribution in [0.15, 0.2) is 12.2 Å². The first-order valence-electron chi connectivity index (χ1n) is 4.27. The molecule has 1 atom stereocenters. The third kappa shape index (κ3) is 1.98. The first-order valence-corrected chi connectivity index (χ1v) is 7.85. The highest BCUT2D eigenvalue weighted by Crippen LogP contribution is 2.31. The van der Waals surface area contributed by atoms with Crippen LogP contribution < -0.4 is 0 Å². The maximum Gasteiger partial charge on any atom is 0.0513 e. The lowest BCUT2D eigenvalue weighted by Gasteiger charge is -2.28. The van der Waals surface area contributed by atoms with Gasteiger partial charge >= 0.3 is 0 Å². The molecule has 0 radical (unpaired) electrons. The Morgan fingerprint density at radius 2 is 2.00 bits per heavy atom. The van der Waals surface area contributed by atoms with E-state index in [0.717, 1.165) is 5.54 Å². The smallest absolute Gasteiger partial charge is 0.0513 e. The number of hydrogen-bond acceptors (Lipinski definition) is 0. The summed E-state index contributed by atoms with van der Waals surface area (Å²) in [5.41, 5.74) is 0.959. The molecule has 0 fully saturated rings. The Kier molecular flexibility index (Phi) is 2.35. The Hall–Kier alpha value is -0.0431. The van der Waals surface area contributed by atoms with Crippen LogP contribution >= 0.6 is 0 Å². The van der Waals surface area contributed by atoms with Gasteiger partial charge in [0.05, 0.1) is 8.07 Å². The van der Waals surface area contributed by atoms with E-state index in [1.807, 2.05) is 0 Å². The Bertz CT molecular complexity index is 130. The van der Waals surface area contributed by atoms with Crippen LogP contribution in [0.25, 0.3) is 0 Å². The fourth-order valence-electron chi connectivity index (χ4n) is 1.53. The molecule has 0 bridgehead atoms. The lowest BCUT2D eigenvalue weighted by atomic mass is 10.1. The van der Waals surface area contributed by atoms with E-state index in [0.29, 0.717) is 0 Å². The van der Waals surface area contributed by atoms with Gasteiger partial charge in [-0.15, -0.1) is 0 Å². The van der Waals surface area contributed by atoms with Crippen molar-refractivity contribution in [2.24, 2.45) is 0 Å². The van der Waals surface area contributed by atoms with Crippen LogP contribution in [-0.2, 0) is 0 Å². The lowest BCUT2D eigenvalue weighted by Crippen LogP contribution is -2.27. The van der Waals surface area contributed by atoms with E-state index in [9.17, 15) is 0 Å². The van der Waals surface area contributed by atoms with Gasteiger partial charge in [0.15, 0.2) is 0 Å². The normalized spacial score (nSPS) is 26.9. The molecule has 10 heavy (non-hydrogen) atoms. The van der Waals surface area contributed by atoms with Crippen LogP contribution in [0.1, 0.15) is 19.3 Å². The van der Waals surface area contributed by atoms with E-state index in [-0.39, 0.29) is 0 Å². The highest BCUT2D eigenvalue weighted by molar-refractivity contribution is 6.78. The van der Waals surface area contributed by atoms with Crippen molar-refractivity contribution in [3.8, 4) is 0 Å². The molecule has 1 aliphatic carbocycles. The molecule has 0 saturated carbocycles. The van der Waals surface area contributed by atoms with Gasteiger partial charge in [-0.2, -0.15) is 0 Å². The van der Waals surface area contributed by atoms with Crippen molar-refractivity contribution in [1.29, 1.82) is 0 Å². The lowest BCUT2D eigenvalue weighted by molar-refractivity contribution is 0.713. The van der Waals surface area contributed by atoms with Crippen molar-refractivity contribution in [3.05, 3.63) is 12.2 Å². The minimum atomic E-state index is -0.843. The van der Waals surface area contributed by atoms with Gasteiger partial charge in [-0.1, -0.05) is 31.8 Å². The van der Waals surface area contributed by atoms with E-state index < -0.39 is 8.07 Å². The SMILES string of the molecule is C[Si](C)(C)C1C=CCCC1. The monoisotopic (exact) mass is 154 g/mol. The molecule has 0 aliphatic heterocycles. The first-order chi connectivity index (χ1) is 4.61. The molecule has 0 amide bonds. The van der Waals surface area contributed by atoms with E-state index in [1.54, 1.807) is 0 Å². The molecule has 0 heterocycles. The molecule has 0 spiro atoms. The van der Waals surface area contributed by atoms with Crippen molar-refractivity contribution in [2.75, 3.05) is 0 Å². The first kappa shape index (κ1) is 8.06. The Labute approximate surface area is 65.3 Å². The van der Waals surface area contributed by atoms with Gasteiger partial charge in [0, 0.05) is 0 Å². The summed E-state index contributed by atoms with van der Waals surface area (Å²) in [6.45, 7) is 7.40. The van der Waals surface area contributed by atoms with Crippen LogP contribution in [0.4, 0.5) is 0 Å². The molecule has 0 aromatic carbocycles. The van der Waals surface area contributed by atoms with Crippen LogP contribution in [0.2, 0.25) is 25.2 Å². The molecule has 58 valence electrons. The largest absolute Gasteiger partial charge is 0.0885 e. The van der Waals surface area contributed by atoms with Gasteiger partial charge in [-0.05, 0) is 24.8 Å². The summed E-state index contributed by atoms with van der Waals surface area (Å²) in [4.78, 5) is 0. The molecule has 0 aromatic heterocycles. The van der Waals surface area contributed by atoms with Gasteiger partial charge < -0.3 is 0 Å². The van der Waals surface area contributed by atoms with E-state index in [2.05, 4.69) is 31.8 Å². The molecule has 1 heteroatoms. The Morgan fingerprint density at radius 3 is 2.30 bits per heavy atom. The Morgan fingerprint density at radius 1 is 1.30 bits per heavy atom. The van der Waals surface area contributed by atoms with E-state index >= 15 is 0 Å². The summed E-state index contributed by atoms with van der Waals surface area (Å²) in [5, 5.41) is 0. The zero-order valence-corrected chi connectivity index (χ0v) is 8.35. The average Bonchev–Trinajstić information content (AvgIpc) is 1.88. The second-order valence-corrected chi connectivity index (χ2v) is 9.81. The molecule has 1 rings (SSSR count). The second kappa shape index (κ2) is 2.91. The summed E-state index contributed by atoms with van der Waals surface area (Å²) < 4.78 is 0. The minimum absolute atomic E-state index is 0.843. The van der Waals surface area contributed by atoms with Gasteiger partial charge in [0.2, 0.25) is 0 Å².